The molecule has 2 aromatic carbocycles. The predicted molar refractivity (Wildman–Crippen MR) is 112 cm³/mol. The van der Waals surface area contributed by atoms with Gasteiger partial charge in [-0.2, -0.15) is 0 Å². The second-order valence-electron chi connectivity index (χ2n) is 6.05. The maximum atomic E-state index is 12.7. The van der Waals surface area contributed by atoms with Crippen molar-refractivity contribution in [3.8, 4) is 0 Å². The van der Waals surface area contributed by atoms with Crippen LogP contribution in [0, 0.1) is 10.1 Å². The van der Waals surface area contributed by atoms with Gasteiger partial charge in [0.15, 0.2) is 5.13 Å². The van der Waals surface area contributed by atoms with Gasteiger partial charge < -0.3 is 16.0 Å². The first-order chi connectivity index (χ1) is 13.4. The van der Waals surface area contributed by atoms with Crippen molar-refractivity contribution in [2.45, 2.75) is 6.92 Å². The third-order valence-electron chi connectivity index (χ3n) is 4.23. The molecule has 3 rings (SSSR count). The van der Waals surface area contributed by atoms with Crippen LogP contribution in [0.2, 0.25) is 0 Å². The van der Waals surface area contributed by atoms with E-state index in [-0.39, 0.29) is 17.3 Å². The van der Waals surface area contributed by atoms with Crippen LogP contribution < -0.4 is 16.0 Å². The Labute approximate surface area is 165 Å². The number of aromatic nitrogens is 1. The van der Waals surface area contributed by atoms with Crippen LogP contribution in [0.5, 0.6) is 0 Å². The largest absolute Gasteiger partial charge is 0.382 e. The number of nitrogens with two attached hydrogens (primary N) is 1. The number of benzene rings is 2. The first-order valence-corrected chi connectivity index (χ1v) is 9.34. The SMILES string of the molecule is CCN(C)c1ccc(Nc2nc(N)c(C(=O)c3ccc([N+](=O)[O-])cc3)s2)cc1. The summed E-state index contributed by atoms with van der Waals surface area (Å²) in [7, 11) is 2.01. The number of nitrogens with zero attached hydrogens (tertiary/aromatic N) is 3. The summed E-state index contributed by atoms with van der Waals surface area (Å²) in [6.07, 6.45) is 0. The summed E-state index contributed by atoms with van der Waals surface area (Å²) >= 11 is 1.14. The molecular weight excluding hydrogens is 378 g/mol. The summed E-state index contributed by atoms with van der Waals surface area (Å²) in [4.78, 5) is 29.5. The lowest BCUT2D eigenvalue weighted by Gasteiger charge is -2.16. The third kappa shape index (κ3) is 4.09. The molecule has 9 heteroatoms. The van der Waals surface area contributed by atoms with Crippen molar-refractivity contribution in [2.24, 2.45) is 0 Å². The van der Waals surface area contributed by atoms with E-state index in [1.165, 1.54) is 24.3 Å². The summed E-state index contributed by atoms with van der Waals surface area (Å²) < 4.78 is 0. The molecule has 3 aromatic rings. The van der Waals surface area contributed by atoms with Crippen LogP contribution in [0.1, 0.15) is 22.2 Å². The van der Waals surface area contributed by atoms with Crippen molar-refractivity contribution in [1.29, 1.82) is 0 Å². The number of carbonyl (C=O) groups excluding carboxylic acids is 1. The second kappa shape index (κ2) is 8.05. The number of non-ortho nitro benzene ring substituents is 1. The predicted octanol–water partition coefficient (Wildman–Crippen LogP) is 4.06. The van der Waals surface area contributed by atoms with Gasteiger partial charge in [0.25, 0.3) is 5.69 Å². The zero-order valence-corrected chi connectivity index (χ0v) is 16.2. The summed E-state index contributed by atoms with van der Waals surface area (Å²) in [6.45, 7) is 2.98. The molecule has 0 spiro atoms. The zero-order valence-electron chi connectivity index (χ0n) is 15.4. The van der Waals surface area contributed by atoms with Gasteiger partial charge >= 0.3 is 0 Å². The molecule has 1 aromatic heterocycles. The Hall–Kier alpha value is -3.46. The molecule has 0 atom stereocenters. The molecule has 0 amide bonds. The number of nitrogen functional groups attached to an aromatic ring is 1. The first kappa shape index (κ1) is 19.3. The fourth-order valence-corrected chi connectivity index (χ4v) is 3.39. The number of thiazole rings is 1. The fourth-order valence-electron chi connectivity index (χ4n) is 2.52. The van der Waals surface area contributed by atoms with Gasteiger partial charge in [0, 0.05) is 42.7 Å². The molecule has 1 heterocycles. The molecule has 0 aliphatic rings. The Balaban J connectivity index is 1.77. The lowest BCUT2D eigenvalue weighted by atomic mass is 10.1. The molecule has 0 fully saturated rings. The number of nitro benzene ring substituents is 1. The van der Waals surface area contributed by atoms with Gasteiger partial charge in [-0.05, 0) is 43.3 Å². The topological polar surface area (TPSA) is 114 Å². The van der Waals surface area contributed by atoms with Gasteiger partial charge in [-0.3, -0.25) is 14.9 Å². The van der Waals surface area contributed by atoms with E-state index in [2.05, 4.69) is 22.1 Å². The van der Waals surface area contributed by atoms with Gasteiger partial charge in [-0.25, -0.2) is 4.98 Å². The number of nitro groups is 1. The van der Waals surface area contributed by atoms with Gasteiger partial charge in [0.05, 0.1) is 4.92 Å². The summed E-state index contributed by atoms with van der Waals surface area (Å²) in [5.74, 6) is -0.198. The van der Waals surface area contributed by atoms with Gasteiger partial charge in [0.2, 0.25) is 5.78 Å². The van der Waals surface area contributed by atoms with Crippen LogP contribution >= 0.6 is 11.3 Å². The van der Waals surface area contributed by atoms with E-state index in [1.54, 1.807) is 0 Å². The minimum Gasteiger partial charge on any atom is -0.382 e. The van der Waals surface area contributed by atoms with Crippen molar-refractivity contribution >= 4 is 45.1 Å². The zero-order chi connectivity index (χ0) is 20.3. The highest BCUT2D eigenvalue weighted by Crippen LogP contribution is 2.30. The minimum absolute atomic E-state index is 0.0756. The quantitative estimate of drug-likeness (QED) is 0.351. The van der Waals surface area contributed by atoms with Crippen LogP contribution in [-0.4, -0.2) is 29.3 Å². The molecule has 0 radical (unpaired) electrons. The maximum Gasteiger partial charge on any atom is 0.269 e. The van der Waals surface area contributed by atoms with E-state index >= 15 is 0 Å². The smallest absolute Gasteiger partial charge is 0.269 e. The van der Waals surface area contributed by atoms with Crippen molar-refractivity contribution in [3.63, 3.8) is 0 Å². The third-order valence-corrected chi connectivity index (χ3v) is 5.22. The number of ketones is 1. The molecule has 3 N–H and O–H groups in total. The van der Waals surface area contributed by atoms with Crippen LogP contribution in [-0.2, 0) is 0 Å². The van der Waals surface area contributed by atoms with Crippen molar-refractivity contribution in [2.75, 3.05) is 29.5 Å². The molecule has 144 valence electrons. The first-order valence-electron chi connectivity index (χ1n) is 8.52. The second-order valence-corrected chi connectivity index (χ2v) is 7.05. The minimum atomic E-state index is -0.513. The molecule has 0 aliphatic heterocycles. The van der Waals surface area contributed by atoms with Crippen molar-refractivity contribution in [1.82, 2.24) is 4.98 Å². The fraction of sp³-hybridized carbons (Fsp3) is 0.158. The summed E-state index contributed by atoms with van der Waals surface area (Å²) in [5, 5.41) is 14.4. The summed E-state index contributed by atoms with van der Waals surface area (Å²) in [5.41, 5.74) is 8.09. The molecular formula is C19H19N5O3S. The van der Waals surface area contributed by atoms with Gasteiger partial charge in [0.1, 0.15) is 10.7 Å². The van der Waals surface area contributed by atoms with E-state index in [0.29, 0.717) is 15.6 Å². The standard InChI is InChI=1S/C19H19N5O3S/c1-3-23(2)14-10-6-13(7-11-14)21-19-22-18(20)17(28-19)16(25)12-4-8-15(9-5-12)24(26)27/h4-11H,3,20H2,1-2H3,(H,21,22). The van der Waals surface area contributed by atoms with E-state index in [9.17, 15) is 14.9 Å². The monoisotopic (exact) mass is 397 g/mol. The highest BCUT2D eigenvalue weighted by Gasteiger charge is 2.19. The molecule has 0 unspecified atom stereocenters. The van der Waals surface area contributed by atoms with Crippen LogP contribution in [0.4, 0.5) is 28.0 Å². The average Bonchev–Trinajstić information content (AvgIpc) is 3.07. The molecule has 8 nitrogen and oxygen atoms in total. The number of hydrogen-bond acceptors (Lipinski definition) is 8. The van der Waals surface area contributed by atoms with E-state index in [1.807, 2.05) is 31.3 Å². The van der Waals surface area contributed by atoms with E-state index < -0.39 is 4.92 Å². The number of carbonyl (C=O) groups is 1. The van der Waals surface area contributed by atoms with Crippen molar-refractivity contribution in [3.05, 3.63) is 69.1 Å². The number of hydrogen-bond donors (Lipinski definition) is 2. The molecule has 0 saturated heterocycles. The summed E-state index contributed by atoms with van der Waals surface area (Å²) in [6, 6.07) is 13.2. The highest BCUT2D eigenvalue weighted by atomic mass is 32.1. The number of anilines is 4. The van der Waals surface area contributed by atoms with Gasteiger partial charge in [-0.15, -0.1) is 0 Å². The van der Waals surface area contributed by atoms with Crippen LogP contribution in [0.25, 0.3) is 0 Å². The molecule has 28 heavy (non-hydrogen) atoms. The Bertz CT molecular complexity index is 999. The normalized spacial score (nSPS) is 10.5. The highest BCUT2D eigenvalue weighted by molar-refractivity contribution is 7.18. The van der Waals surface area contributed by atoms with Gasteiger partial charge in [-0.1, -0.05) is 11.3 Å². The maximum absolute atomic E-state index is 12.7. The molecule has 0 bridgehead atoms. The Morgan fingerprint density at radius 3 is 2.43 bits per heavy atom. The van der Waals surface area contributed by atoms with E-state index in [0.717, 1.165) is 29.3 Å². The Kier molecular flexibility index (Phi) is 5.55. The Morgan fingerprint density at radius 2 is 1.86 bits per heavy atom. The Morgan fingerprint density at radius 1 is 1.21 bits per heavy atom. The average molecular weight is 397 g/mol. The number of nitrogens with one attached hydrogen (secondary N) is 1. The van der Waals surface area contributed by atoms with E-state index in [4.69, 9.17) is 5.73 Å². The van der Waals surface area contributed by atoms with Crippen LogP contribution in [0.3, 0.4) is 0 Å². The lowest BCUT2D eigenvalue weighted by Crippen LogP contribution is -2.15. The lowest BCUT2D eigenvalue weighted by molar-refractivity contribution is -0.384. The van der Waals surface area contributed by atoms with Crippen molar-refractivity contribution < 1.29 is 9.72 Å². The van der Waals surface area contributed by atoms with Crippen LogP contribution in [0.15, 0.2) is 48.5 Å². The molecule has 0 aliphatic carbocycles. The number of rotatable bonds is 7. The molecule has 0 saturated carbocycles.